The maximum Gasteiger partial charge on any atom is 0.247 e. The quantitative estimate of drug-likeness (QED) is 0.824. The smallest absolute Gasteiger partial charge is 0.247 e. The molecule has 86 valence electrons. The Balaban J connectivity index is 2.87. The van der Waals surface area contributed by atoms with Gasteiger partial charge in [0.2, 0.25) is 11.9 Å². The monoisotopic (exact) mass is 221 g/mol. The van der Waals surface area contributed by atoms with Gasteiger partial charge in [-0.05, 0) is 12.8 Å². The van der Waals surface area contributed by atoms with Crippen molar-refractivity contribution in [2.24, 2.45) is 12.5 Å². The molecule has 16 heavy (non-hydrogen) atoms. The van der Waals surface area contributed by atoms with Gasteiger partial charge in [-0.15, -0.1) is 0 Å². The van der Waals surface area contributed by atoms with Gasteiger partial charge in [0.15, 0.2) is 0 Å². The molecular weight excluding hydrogens is 206 g/mol. The Morgan fingerprint density at radius 1 is 1.62 bits per heavy atom. The van der Waals surface area contributed by atoms with Gasteiger partial charge in [-0.1, -0.05) is 13.8 Å². The van der Waals surface area contributed by atoms with Crippen LogP contribution in [0.5, 0.6) is 0 Å². The summed E-state index contributed by atoms with van der Waals surface area (Å²) >= 11 is 0. The molecule has 0 atom stereocenters. The van der Waals surface area contributed by atoms with E-state index in [0.29, 0.717) is 18.8 Å². The lowest BCUT2D eigenvalue weighted by Crippen LogP contribution is -2.34. The fraction of sp³-hybridized carbons (Fsp3) is 0.600. The zero-order valence-electron chi connectivity index (χ0n) is 9.69. The number of nitrogens with one attached hydrogen (secondary N) is 1. The van der Waals surface area contributed by atoms with Crippen molar-refractivity contribution in [2.45, 2.75) is 26.7 Å². The van der Waals surface area contributed by atoms with Crippen molar-refractivity contribution >= 4 is 11.9 Å². The van der Waals surface area contributed by atoms with Gasteiger partial charge in [0, 0.05) is 7.05 Å². The van der Waals surface area contributed by atoms with E-state index in [-0.39, 0.29) is 5.91 Å². The fourth-order valence-electron chi connectivity index (χ4n) is 1.41. The van der Waals surface area contributed by atoms with Crippen molar-refractivity contribution in [3.05, 3.63) is 6.33 Å². The van der Waals surface area contributed by atoms with Crippen LogP contribution < -0.4 is 5.32 Å². The van der Waals surface area contributed by atoms with Crippen LogP contribution in [0.25, 0.3) is 0 Å². The molecule has 0 unspecified atom stereocenters. The average molecular weight is 221 g/mol. The van der Waals surface area contributed by atoms with E-state index in [1.54, 1.807) is 7.05 Å². The highest BCUT2D eigenvalue weighted by atomic mass is 16.2. The summed E-state index contributed by atoms with van der Waals surface area (Å²) in [7, 11) is 1.68. The number of amides is 1. The minimum absolute atomic E-state index is 0.323. The Kier molecular flexibility index (Phi) is 3.61. The number of carbonyl (C=O) groups is 1. The normalized spacial score (nSPS) is 10.9. The molecule has 1 aromatic heterocycles. The van der Waals surface area contributed by atoms with Crippen molar-refractivity contribution in [3.63, 3.8) is 0 Å². The molecule has 0 aliphatic heterocycles. The minimum atomic E-state index is -0.980. The first-order chi connectivity index (χ1) is 7.59. The summed E-state index contributed by atoms with van der Waals surface area (Å²) in [5, 5.41) is 15.5. The third kappa shape index (κ3) is 2.03. The van der Waals surface area contributed by atoms with E-state index in [9.17, 15) is 4.79 Å². The summed E-state index contributed by atoms with van der Waals surface area (Å²) in [6.45, 7) is 3.64. The van der Waals surface area contributed by atoms with Crippen molar-refractivity contribution < 1.29 is 4.79 Å². The zero-order valence-corrected chi connectivity index (χ0v) is 9.69. The first kappa shape index (κ1) is 12.2. The zero-order chi connectivity index (χ0) is 12.2. The van der Waals surface area contributed by atoms with Gasteiger partial charge in [0.1, 0.15) is 11.7 Å². The Labute approximate surface area is 94.3 Å². The topological polar surface area (TPSA) is 83.6 Å². The third-order valence-electron chi connectivity index (χ3n) is 2.79. The van der Waals surface area contributed by atoms with E-state index in [1.165, 1.54) is 11.0 Å². The van der Waals surface area contributed by atoms with E-state index in [0.717, 1.165) is 0 Å². The standard InChI is InChI=1S/C10H15N5O/c1-4-10(5-2,6-11)8(16)14-9-12-7-13-15(9)3/h7H,4-5H2,1-3H3,(H,12,13,14,16). The molecular formula is C10H15N5O. The van der Waals surface area contributed by atoms with Gasteiger partial charge in [0.05, 0.1) is 6.07 Å². The van der Waals surface area contributed by atoms with Crippen LogP contribution in [0.1, 0.15) is 26.7 Å². The molecule has 6 nitrogen and oxygen atoms in total. The SMILES string of the molecule is CCC(C#N)(CC)C(=O)Nc1ncnn1C. The minimum Gasteiger partial charge on any atom is -0.293 e. The molecule has 1 amide bonds. The molecule has 0 saturated carbocycles. The fourth-order valence-corrected chi connectivity index (χ4v) is 1.41. The molecule has 1 heterocycles. The number of rotatable bonds is 4. The summed E-state index contributed by atoms with van der Waals surface area (Å²) in [5.41, 5.74) is -0.980. The predicted molar refractivity (Wildman–Crippen MR) is 58.3 cm³/mol. The Hall–Kier alpha value is -1.90. The molecule has 0 fully saturated rings. The second-order valence-corrected chi connectivity index (χ2v) is 3.56. The molecule has 0 bridgehead atoms. The molecule has 0 saturated heterocycles. The van der Waals surface area contributed by atoms with Gasteiger partial charge in [-0.2, -0.15) is 15.3 Å². The highest BCUT2D eigenvalue weighted by molar-refractivity contribution is 5.95. The second kappa shape index (κ2) is 4.75. The lowest BCUT2D eigenvalue weighted by Gasteiger charge is -2.21. The van der Waals surface area contributed by atoms with Crippen molar-refractivity contribution in [1.29, 1.82) is 5.26 Å². The lowest BCUT2D eigenvalue weighted by molar-refractivity contribution is -0.123. The molecule has 1 aromatic rings. The molecule has 0 aliphatic carbocycles. The van der Waals surface area contributed by atoms with Crippen LogP contribution in [0.15, 0.2) is 6.33 Å². The van der Waals surface area contributed by atoms with Crippen LogP contribution in [0, 0.1) is 16.7 Å². The summed E-state index contributed by atoms with van der Waals surface area (Å²) in [5.74, 6) is 0.0302. The van der Waals surface area contributed by atoms with Crippen molar-refractivity contribution in [1.82, 2.24) is 14.8 Å². The van der Waals surface area contributed by atoms with Crippen LogP contribution in [0.2, 0.25) is 0 Å². The molecule has 1 rings (SSSR count). The van der Waals surface area contributed by atoms with Gasteiger partial charge in [-0.3, -0.25) is 10.1 Å². The molecule has 0 aromatic carbocycles. The number of hydrogen-bond acceptors (Lipinski definition) is 4. The maximum absolute atomic E-state index is 12.0. The highest BCUT2D eigenvalue weighted by Crippen LogP contribution is 2.26. The second-order valence-electron chi connectivity index (χ2n) is 3.56. The van der Waals surface area contributed by atoms with Gasteiger partial charge >= 0.3 is 0 Å². The van der Waals surface area contributed by atoms with Crippen molar-refractivity contribution in [2.75, 3.05) is 5.32 Å². The van der Waals surface area contributed by atoms with E-state index in [1.807, 2.05) is 13.8 Å². The van der Waals surface area contributed by atoms with E-state index < -0.39 is 5.41 Å². The Morgan fingerprint density at radius 3 is 2.62 bits per heavy atom. The first-order valence-electron chi connectivity index (χ1n) is 5.16. The Bertz CT molecular complexity index is 413. The lowest BCUT2D eigenvalue weighted by atomic mass is 9.83. The number of hydrogen-bond donors (Lipinski definition) is 1. The van der Waals surface area contributed by atoms with Crippen molar-refractivity contribution in [3.8, 4) is 6.07 Å². The van der Waals surface area contributed by atoms with Crippen LogP contribution in [-0.2, 0) is 11.8 Å². The summed E-state index contributed by atoms with van der Waals surface area (Å²) in [6, 6.07) is 2.08. The van der Waals surface area contributed by atoms with Crippen LogP contribution in [0.3, 0.4) is 0 Å². The largest absolute Gasteiger partial charge is 0.293 e. The predicted octanol–water partition coefficient (Wildman–Crippen LogP) is 1.08. The molecule has 6 heteroatoms. The molecule has 0 radical (unpaired) electrons. The van der Waals surface area contributed by atoms with E-state index >= 15 is 0 Å². The summed E-state index contributed by atoms with van der Waals surface area (Å²) in [4.78, 5) is 15.8. The van der Waals surface area contributed by atoms with Crippen LogP contribution in [-0.4, -0.2) is 20.7 Å². The number of nitrogens with zero attached hydrogens (tertiary/aromatic N) is 4. The number of aryl methyl sites for hydroxylation is 1. The first-order valence-corrected chi connectivity index (χ1v) is 5.16. The number of aromatic nitrogens is 3. The third-order valence-corrected chi connectivity index (χ3v) is 2.79. The number of anilines is 1. The van der Waals surface area contributed by atoms with Crippen LogP contribution >= 0.6 is 0 Å². The summed E-state index contributed by atoms with van der Waals surface area (Å²) in [6.07, 6.45) is 2.30. The van der Waals surface area contributed by atoms with Gasteiger partial charge in [0.25, 0.3) is 0 Å². The number of nitriles is 1. The average Bonchev–Trinajstić information content (AvgIpc) is 2.68. The van der Waals surface area contributed by atoms with Crippen LogP contribution in [0.4, 0.5) is 5.95 Å². The van der Waals surface area contributed by atoms with E-state index in [4.69, 9.17) is 5.26 Å². The molecule has 1 N–H and O–H groups in total. The molecule has 0 spiro atoms. The van der Waals surface area contributed by atoms with Gasteiger partial charge in [-0.25, -0.2) is 4.68 Å². The highest BCUT2D eigenvalue weighted by Gasteiger charge is 2.35. The Morgan fingerprint density at radius 2 is 2.25 bits per heavy atom. The summed E-state index contributed by atoms with van der Waals surface area (Å²) < 4.78 is 1.45. The maximum atomic E-state index is 12.0. The number of carbonyl (C=O) groups excluding carboxylic acids is 1. The van der Waals surface area contributed by atoms with Gasteiger partial charge < -0.3 is 0 Å². The van der Waals surface area contributed by atoms with E-state index in [2.05, 4.69) is 21.5 Å². The molecule has 0 aliphatic rings.